The first-order chi connectivity index (χ1) is 16.1. The molecule has 2 N–H and O–H groups in total. The van der Waals surface area contributed by atoms with Gasteiger partial charge in [-0.3, -0.25) is 14.8 Å². The van der Waals surface area contributed by atoms with Crippen LogP contribution in [0, 0.1) is 12.7 Å². The number of halogens is 4. The van der Waals surface area contributed by atoms with Crippen molar-refractivity contribution in [1.82, 2.24) is 19.9 Å². The Morgan fingerprint density at radius 3 is 2.53 bits per heavy atom. The van der Waals surface area contributed by atoms with Gasteiger partial charge >= 0.3 is 6.18 Å². The number of hydrogen-bond donors (Lipinski definition) is 1. The van der Waals surface area contributed by atoms with Crippen molar-refractivity contribution in [3.63, 3.8) is 0 Å². The van der Waals surface area contributed by atoms with Crippen molar-refractivity contribution in [2.75, 3.05) is 5.73 Å². The van der Waals surface area contributed by atoms with Crippen LogP contribution in [-0.4, -0.2) is 25.8 Å². The van der Waals surface area contributed by atoms with Crippen LogP contribution in [0.5, 0.6) is 0 Å². The Balaban J connectivity index is 1.68. The Morgan fingerprint density at radius 2 is 1.85 bits per heavy atom. The van der Waals surface area contributed by atoms with Crippen LogP contribution in [0.4, 0.5) is 23.4 Å². The van der Waals surface area contributed by atoms with Crippen LogP contribution in [0.15, 0.2) is 60.9 Å². The van der Waals surface area contributed by atoms with Gasteiger partial charge in [0.05, 0.1) is 35.6 Å². The van der Waals surface area contributed by atoms with Crippen LogP contribution in [0.3, 0.4) is 0 Å². The third-order valence-electron chi connectivity index (χ3n) is 5.26. The van der Waals surface area contributed by atoms with E-state index in [2.05, 4.69) is 15.0 Å². The van der Waals surface area contributed by atoms with Gasteiger partial charge in [-0.15, -0.1) is 0 Å². The number of rotatable bonds is 5. The molecular weight excluding hydrogens is 450 g/mol. The standard InChI is InChI=1S/C24H19F4N5O/c1-14-9-16-10-15(4-7-20(16)32-22(14)29)23(34)33(13-21-19(25)3-2-8-30-21)12-18-6-5-17(11-31-18)24(26,27)28/h2-11H,12-13H2,1H3,(H2,29,32). The Labute approximate surface area is 192 Å². The summed E-state index contributed by atoms with van der Waals surface area (Å²) in [6.45, 7) is 1.44. The quantitative estimate of drug-likeness (QED) is 0.420. The molecule has 0 bridgehead atoms. The highest BCUT2D eigenvalue weighted by Gasteiger charge is 2.31. The first-order valence-corrected chi connectivity index (χ1v) is 10.2. The third kappa shape index (κ3) is 4.95. The third-order valence-corrected chi connectivity index (χ3v) is 5.26. The Morgan fingerprint density at radius 1 is 1.06 bits per heavy atom. The first kappa shape index (κ1) is 23.1. The summed E-state index contributed by atoms with van der Waals surface area (Å²) in [5, 5.41) is 0.689. The summed E-state index contributed by atoms with van der Waals surface area (Å²) in [5.74, 6) is -0.690. The number of anilines is 1. The molecule has 6 nitrogen and oxygen atoms in total. The lowest BCUT2D eigenvalue weighted by Crippen LogP contribution is -2.31. The highest BCUT2D eigenvalue weighted by Crippen LogP contribution is 2.28. The highest BCUT2D eigenvalue weighted by atomic mass is 19.4. The number of pyridine rings is 3. The van der Waals surface area contributed by atoms with Gasteiger partial charge in [-0.1, -0.05) is 0 Å². The van der Waals surface area contributed by atoms with E-state index in [1.54, 1.807) is 31.2 Å². The second kappa shape index (κ2) is 9.05. The molecule has 3 heterocycles. The van der Waals surface area contributed by atoms with Gasteiger partial charge in [0.2, 0.25) is 0 Å². The number of fused-ring (bicyclic) bond motifs is 1. The SMILES string of the molecule is Cc1cc2cc(C(=O)N(Cc3ccc(C(F)(F)F)cn3)Cc3ncccc3F)ccc2nc1N. The summed E-state index contributed by atoms with van der Waals surface area (Å²) < 4.78 is 52.9. The van der Waals surface area contributed by atoms with Crippen molar-refractivity contribution in [2.24, 2.45) is 0 Å². The minimum absolute atomic E-state index is 0.0221. The average molecular weight is 469 g/mol. The first-order valence-electron chi connectivity index (χ1n) is 10.2. The van der Waals surface area contributed by atoms with Gasteiger partial charge in [-0.2, -0.15) is 13.2 Å². The summed E-state index contributed by atoms with van der Waals surface area (Å²) in [6, 6.07) is 11.4. The fourth-order valence-corrected chi connectivity index (χ4v) is 3.41. The molecule has 0 aliphatic rings. The lowest BCUT2D eigenvalue weighted by Gasteiger charge is -2.23. The molecule has 1 aromatic carbocycles. The van der Waals surface area contributed by atoms with Crippen LogP contribution in [-0.2, 0) is 19.3 Å². The van der Waals surface area contributed by atoms with Gasteiger partial charge in [-0.05, 0) is 61.0 Å². The number of aromatic nitrogens is 3. The van der Waals surface area contributed by atoms with Crippen molar-refractivity contribution in [3.8, 4) is 0 Å². The summed E-state index contributed by atoms with van der Waals surface area (Å²) in [7, 11) is 0. The smallest absolute Gasteiger partial charge is 0.383 e. The molecular formula is C24H19F4N5O. The van der Waals surface area contributed by atoms with E-state index in [4.69, 9.17) is 5.73 Å². The van der Waals surface area contributed by atoms with E-state index in [0.29, 0.717) is 28.5 Å². The van der Waals surface area contributed by atoms with Crippen LogP contribution in [0.1, 0.15) is 32.9 Å². The highest BCUT2D eigenvalue weighted by molar-refractivity contribution is 5.98. The number of nitrogens with two attached hydrogens (primary N) is 1. The van der Waals surface area contributed by atoms with Crippen molar-refractivity contribution >= 4 is 22.6 Å². The van der Waals surface area contributed by atoms with E-state index in [9.17, 15) is 22.4 Å². The van der Waals surface area contributed by atoms with E-state index in [-0.39, 0.29) is 24.5 Å². The Bertz CT molecular complexity index is 1360. The number of alkyl halides is 3. The molecule has 0 atom stereocenters. The minimum Gasteiger partial charge on any atom is -0.383 e. The molecule has 0 saturated heterocycles. The van der Waals surface area contributed by atoms with E-state index >= 15 is 0 Å². The molecule has 0 unspecified atom stereocenters. The number of amides is 1. The maximum absolute atomic E-state index is 14.3. The van der Waals surface area contributed by atoms with E-state index < -0.39 is 23.5 Å². The molecule has 3 aromatic heterocycles. The van der Waals surface area contributed by atoms with Gasteiger partial charge in [0.1, 0.15) is 11.6 Å². The Kier molecular flexibility index (Phi) is 6.14. The second-order valence-corrected chi connectivity index (χ2v) is 7.73. The van der Waals surface area contributed by atoms with E-state index in [0.717, 1.165) is 11.6 Å². The number of hydrogen-bond acceptors (Lipinski definition) is 5. The molecule has 4 rings (SSSR count). The zero-order chi connectivity index (χ0) is 24.5. The number of carbonyl (C=O) groups excluding carboxylic acids is 1. The number of aryl methyl sites for hydroxylation is 1. The van der Waals surface area contributed by atoms with Gasteiger partial charge < -0.3 is 10.6 Å². The van der Waals surface area contributed by atoms with Gasteiger partial charge in [0.25, 0.3) is 5.91 Å². The monoisotopic (exact) mass is 469 g/mol. The molecule has 0 fully saturated rings. The van der Waals surface area contributed by atoms with Gasteiger partial charge in [0, 0.05) is 23.3 Å². The summed E-state index contributed by atoms with van der Waals surface area (Å²) in [6.07, 6.45) is -2.43. The predicted octanol–water partition coefficient (Wildman–Crippen LogP) is 4.92. The molecule has 10 heteroatoms. The normalized spacial score (nSPS) is 11.6. The molecule has 4 aromatic rings. The zero-order valence-corrected chi connectivity index (χ0v) is 18.0. The maximum atomic E-state index is 14.3. The molecule has 34 heavy (non-hydrogen) atoms. The number of nitrogens with zero attached hydrogens (tertiary/aromatic N) is 4. The van der Waals surface area contributed by atoms with Crippen LogP contribution < -0.4 is 5.73 Å². The molecule has 0 spiro atoms. The molecule has 0 aliphatic heterocycles. The van der Waals surface area contributed by atoms with E-state index in [1.807, 2.05) is 0 Å². The van der Waals surface area contributed by atoms with Crippen molar-refractivity contribution in [2.45, 2.75) is 26.2 Å². The van der Waals surface area contributed by atoms with E-state index in [1.165, 1.54) is 29.3 Å². The summed E-state index contributed by atoms with van der Waals surface area (Å²) in [4.78, 5) is 26.8. The lowest BCUT2D eigenvalue weighted by molar-refractivity contribution is -0.137. The zero-order valence-electron chi connectivity index (χ0n) is 18.0. The molecule has 1 amide bonds. The topological polar surface area (TPSA) is 85.0 Å². The van der Waals surface area contributed by atoms with Gasteiger partial charge in [0.15, 0.2) is 0 Å². The molecule has 0 aliphatic carbocycles. The average Bonchev–Trinajstić information content (AvgIpc) is 2.80. The number of nitrogen functional groups attached to an aromatic ring is 1. The maximum Gasteiger partial charge on any atom is 0.417 e. The predicted molar refractivity (Wildman–Crippen MR) is 118 cm³/mol. The van der Waals surface area contributed by atoms with Gasteiger partial charge in [-0.25, -0.2) is 9.37 Å². The largest absolute Gasteiger partial charge is 0.417 e. The fraction of sp³-hybridized carbons (Fsp3) is 0.167. The molecule has 174 valence electrons. The van der Waals surface area contributed by atoms with Crippen LogP contribution >= 0.6 is 0 Å². The van der Waals surface area contributed by atoms with Crippen molar-refractivity contribution < 1.29 is 22.4 Å². The fourth-order valence-electron chi connectivity index (χ4n) is 3.41. The number of benzene rings is 1. The second-order valence-electron chi connectivity index (χ2n) is 7.73. The summed E-state index contributed by atoms with van der Waals surface area (Å²) in [5.41, 5.74) is 6.83. The van der Waals surface area contributed by atoms with Crippen molar-refractivity contribution in [1.29, 1.82) is 0 Å². The molecule has 0 saturated carbocycles. The molecule has 0 radical (unpaired) electrons. The number of carbonyl (C=O) groups is 1. The summed E-state index contributed by atoms with van der Waals surface area (Å²) >= 11 is 0. The van der Waals surface area contributed by atoms with Crippen LogP contribution in [0.25, 0.3) is 10.9 Å². The van der Waals surface area contributed by atoms with Crippen molar-refractivity contribution in [3.05, 3.63) is 94.8 Å². The lowest BCUT2D eigenvalue weighted by atomic mass is 10.1. The van der Waals surface area contributed by atoms with Crippen LogP contribution in [0.2, 0.25) is 0 Å². The Hall–Kier alpha value is -4.08. The minimum atomic E-state index is -4.53.